The molecule has 3 rings (SSSR count). The van der Waals surface area contributed by atoms with Crippen LogP contribution in [0.4, 0.5) is 0 Å². The maximum Gasteiger partial charge on any atom is 0.114 e. The molecule has 0 saturated carbocycles. The number of piperidine rings is 1. The van der Waals surface area contributed by atoms with E-state index in [4.69, 9.17) is 4.98 Å². The summed E-state index contributed by atoms with van der Waals surface area (Å²) in [5.41, 5.74) is 1.47. The normalized spacial score (nSPS) is 32.8. The van der Waals surface area contributed by atoms with Gasteiger partial charge in [0.2, 0.25) is 0 Å². The van der Waals surface area contributed by atoms with Crippen molar-refractivity contribution in [3.8, 4) is 0 Å². The van der Waals surface area contributed by atoms with E-state index in [0.717, 1.165) is 18.9 Å². The van der Waals surface area contributed by atoms with Gasteiger partial charge >= 0.3 is 0 Å². The first-order valence-corrected chi connectivity index (χ1v) is 8.95. The minimum absolute atomic E-state index is 0.159. The fourth-order valence-corrected chi connectivity index (χ4v) is 5.14. The molecule has 3 unspecified atom stereocenters. The molecule has 3 nitrogen and oxygen atoms in total. The Morgan fingerprint density at radius 2 is 2.25 bits per heavy atom. The van der Waals surface area contributed by atoms with Crippen LogP contribution < -0.4 is 5.32 Å². The summed E-state index contributed by atoms with van der Waals surface area (Å²) in [6, 6.07) is 0. The third-order valence-corrected chi connectivity index (χ3v) is 6.28. The van der Waals surface area contributed by atoms with Crippen LogP contribution in [0.2, 0.25) is 0 Å². The first-order chi connectivity index (χ1) is 9.69. The average molecular weight is 293 g/mol. The van der Waals surface area contributed by atoms with Crippen molar-refractivity contribution < 1.29 is 0 Å². The largest absolute Gasteiger partial charge is 0.305 e. The Balaban J connectivity index is 1.95. The van der Waals surface area contributed by atoms with Gasteiger partial charge in [-0.3, -0.25) is 0 Å². The van der Waals surface area contributed by atoms with Crippen molar-refractivity contribution in [2.24, 2.45) is 5.92 Å². The minimum Gasteiger partial charge on any atom is -0.305 e. The Morgan fingerprint density at radius 1 is 1.40 bits per heavy atom. The Hall–Kier alpha value is -0.450. The van der Waals surface area contributed by atoms with Gasteiger partial charge in [-0.2, -0.15) is 0 Å². The molecule has 3 heterocycles. The molecule has 0 aromatic carbocycles. The van der Waals surface area contributed by atoms with Gasteiger partial charge in [0.05, 0.1) is 11.2 Å². The summed E-state index contributed by atoms with van der Waals surface area (Å²) in [5.74, 6) is 0.748. The van der Waals surface area contributed by atoms with E-state index < -0.39 is 0 Å². The summed E-state index contributed by atoms with van der Waals surface area (Å²) in [4.78, 5) is 9.07. The quantitative estimate of drug-likeness (QED) is 0.905. The highest BCUT2D eigenvalue weighted by Gasteiger charge is 2.48. The van der Waals surface area contributed by atoms with Gasteiger partial charge < -0.3 is 10.2 Å². The lowest BCUT2D eigenvalue weighted by atomic mass is 9.79. The molecule has 0 radical (unpaired) electrons. The van der Waals surface area contributed by atoms with Crippen molar-refractivity contribution in [3.63, 3.8) is 0 Å². The molecule has 1 aromatic rings. The maximum atomic E-state index is 5.03. The van der Waals surface area contributed by atoms with Crippen molar-refractivity contribution in [1.29, 1.82) is 0 Å². The molecule has 2 aliphatic heterocycles. The number of fused-ring (bicyclic) bond motifs is 2. The molecule has 20 heavy (non-hydrogen) atoms. The van der Waals surface area contributed by atoms with Gasteiger partial charge in [0.1, 0.15) is 5.01 Å². The zero-order valence-corrected chi connectivity index (χ0v) is 13.9. The predicted molar refractivity (Wildman–Crippen MR) is 85.4 cm³/mol. The van der Waals surface area contributed by atoms with Gasteiger partial charge in [0.25, 0.3) is 0 Å². The third-order valence-electron chi connectivity index (χ3n) is 5.09. The first-order valence-electron chi connectivity index (χ1n) is 8.13. The minimum atomic E-state index is 0.159. The molecular weight excluding hydrogens is 266 g/mol. The third kappa shape index (κ3) is 2.32. The monoisotopic (exact) mass is 293 g/mol. The second-order valence-corrected chi connectivity index (χ2v) is 7.51. The van der Waals surface area contributed by atoms with Crippen LogP contribution in [-0.4, -0.2) is 36.1 Å². The lowest BCUT2D eigenvalue weighted by molar-refractivity contribution is 0.129. The summed E-state index contributed by atoms with van der Waals surface area (Å²) in [5, 5.41) is 5.28. The molecule has 3 atom stereocenters. The van der Waals surface area contributed by atoms with E-state index in [1.54, 1.807) is 0 Å². The molecule has 4 heteroatoms. The highest BCUT2D eigenvalue weighted by Crippen LogP contribution is 2.44. The van der Waals surface area contributed by atoms with Gasteiger partial charge in [-0.1, -0.05) is 13.8 Å². The number of thiazole rings is 1. The van der Waals surface area contributed by atoms with Crippen molar-refractivity contribution in [3.05, 3.63) is 15.6 Å². The van der Waals surface area contributed by atoms with Crippen LogP contribution in [0, 0.1) is 12.8 Å². The van der Waals surface area contributed by atoms with Gasteiger partial charge in [-0.25, -0.2) is 4.98 Å². The number of aromatic nitrogens is 1. The number of hydrogen-bond donors (Lipinski definition) is 1. The molecule has 0 spiro atoms. The summed E-state index contributed by atoms with van der Waals surface area (Å²) >= 11 is 1.94. The van der Waals surface area contributed by atoms with Crippen LogP contribution in [0.15, 0.2) is 0 Å². The molecule has 0 amide bonds. The standard InChI is InChI=1S/C16H27N3S/c1-4-8-17-16(7-10-19-9-6-13(16)11-19)15-18-14(5-2)12(3)20-15/h13,17H,4-11H2,1-3H3. The molecule has 1 aromatic heterocycles. The fourth-order valence-electron chi connectivity index (χ4n) is 3.86. The van der Waals surface area contributed by atoms with E-state index >= 15 is 0 Å². The van der Waals surface area contributed by atoms with E-state index in [-0.39, 0.29) is 5.54 Å². The van der Waals surface area contributed by atoms with E-state index in [1.165, 1.54) is 54.5 Å². The first kappa shape index (κ1) is 14.5. The Morgan fingerprint density at radius 3 is 2.95 bits per heavy atom. The second-order valence-electron chi connectivity index (χ2n) is 6.31. The summed E-state index contributed by atoms with van der Waals surface area (Å²) < 4.78 is 0. The molecule has 2 bridgehead atoms. The van der Waals surface area contributed by atoms with Gasteiger partial charge in [0, 0.05) is 18.0 Å². The molecule has 1 N–H and O–H groups in total. The van der Waals surface area contributed by atoms with E-state index in [0.29, 0.717) is 0 Å². The molecular formula is C16H27N3S. The smallest absolute Gasteiger partial charge is 0.114 e. The molecule has 2 saturated heterocycles. The Kier molecular flexibility index (Phi) is 4.16. The highest BCUT2D eigenvalue weighted by atomic mass is 32.1. The summed E-state index contributed by atoms with van der Waals surface area (Å²) in [6.07, 6.45) is 4.82. The predicted octanol–water partition coefficient (Wildman–Crippen LogP) is 2.93. The Labute approximate surface area is 126 Å². The number of rotatable bonds is 5. The number of hydrogen-bond acceptors (Lipinski definition) is 4. The molecule has 0 aliphatic carbocycles. The zero-order valence-electron chi connectivity index (χ0n) is 13.0. The number of nitrogens with one attached hydrogen (secondary N) is 1. The second kappa shape index (κ2) is 5.74. The molecule has 2 aliphatic rings. The summed E-state index contributed by atoms with van der Waals surface area (Å²) in [7, 11) is 0. The number of nitrogens with zero attached hydrogens (tertiary/aromatic N) is 2. The Bertz CT molecular complexity index is 470. The van der Waals surface area contributed by atoms with Gasteiger partial charge in [-0.05, 0) is 51.6 Å². The van der Waals surface area contributed by atoms with Gasteiger partial charge in [0.15, 0.2) is 0 Å². The van der Waals surface area contributed by atoms with Gasteiger partial charge in [-0.15, -0.1) is 11.3 Å². The van der Waals surface area contributed by atoms with E-state index in [1.807, 2.05) is 11.3 Å². The topological polar surface area (TPSA) is 28.2 Å². The zero-order chi connectivity index (χ0) is 14.2. The van der Waals surface area contributed by atoms with Crippen molar-refractivity contribution >= 4 is 11.3 Å². The van der Waals surface area contributed by atoms with Crippen LogP contribution in [0.3, 0.4) is 0 Å². The van der Waals surface area contributed by atoms with Crippen LogP contribution in [0.5, 0.6) is 0 Å². The molecule has 2 fully saturated rings. The fraction of sp³-hybridized carbons (Fsp3) is 0.812. The average Bonchev–Trinajstić information content (AvgIpc) is 3.04. The lowest BCUT2D eigenvalue weighted by Gasteiger charge is -2.42. The number of aryl methyl sites for hydroxylation is 2. The molecule has 112 valence electrons. The maximum absolute atomic E-state index is 5.03. The highest BCUT2D eigenvalue weighted by molar-refractivity contribution is 7.11. The van der Waals surface area contributed by atoms with Crippen LogP contribution >= 0.6 is 11.3 Å². The van der Waals surface area contributed by atoms with Crippen molar-refractivity contribution in [1.82, 2.24) is 15.2 Å². The van der Waals surface area contributed by atoms with Crippen LogP contribution in [0.1, 0.15) is 48.7 Å². The van der Waals surface area contributed by atoms with Crippen LogP contribution in [0.25, 0.3) is 0 Å². The van der Waals surface area contributed by atoms with Crippen molar-refractivity contribution in [2.45, 2.75) is 52.0 Å². The van der Waals surface area contributed by atoms with Crippen molar-refractivity contribution in [2.75, 3.05) is 26.2 Å². The lowest BCUT2D eigenvalue weighted by Crippen LogP contribution is -2.54. The summed E-state index contributed by atoms with van der Waals surface area (Å²) in [6.45, 7) is 11.6. The van der Waals surface area contributed by atoms with Crippen LogP contribution in [-0.2, 0) is 12.0 Å². The SMILES string of the molecule is CCCNC1(c2nc(CC)c(C)s2)CCN2CCC1C2. The van der Waals surface area contributed by atoms with E-state index in [9.17, 15) is 0 Å². The van der Waals surface area contributed by atoms with E-state index in [2.05, 4.69) is 31.0 Å².